The van der Waals surface area contributed by atoms with E-state index in [4.69, 9.17) is 9.15 Å². The van der Waals surface area contributed by atoms with Gasteiger partial charge in [-0.15, -0.1) is 0 Å². The van der Waals surface area contributed by atoms with Crippen LogP contribution in [0, 0.1) is 0 Å². The van der Waals surface area contributed by atoms with Gasteiger partial charge in [0.2, 0.25) is 0 Å². The highest BCUT2D eigenvalue weighted by Crippen LogP contribution is 2.25. The molecule has 158 valence electrons. The molecule has 0 bridgehead atoms. The predicted molar refractivity (Wildman–Crippen MR) is 123 cm³/mol. The minimum absolute atomic E-state index is 0.251. The molecule has 0 saturated carbocycles. The van der Waals surface area contributed by atoms with Crippen molar-refractivity contribution in [3.8, 4) is 5.75 Å². The van der Waals surface area contributed by atoms with Gasteiger partial charge in [-0.2, -0.15) is 5.10 Å². The van der Waals surface area contributed by atoms with Crippen LogP contribution < -0.4 is 10.1 Å². The fraction of sp³-hybridized carbons (Fsp3) is 0.0769. The summed E-state index contributed by atoms with van der Waals surface area (Å²) in [4.78, 5) is 12.7. The molecule has 6 nitrogen and oxygen atoms in total. The van der Waals surface area contributed by atoms with Crippen LogP contribution in [0.5, 0.6) is 5.75 Å². The van der Waals surface area contributed by atoms with Crippen molar-refractivity contribution in [1.82, 2.24) is 9.78 Å². The molecule has 0 radical (unpaired) electrons. The van der Waals surface area contributed by atoms with E-state index in [1.807, 2.05) is 89.7 Å². The van der Waals surface area contributed by atoms with Gasteiger partial charge in [0, 0.05) is 23.5 Å². The van der Waals surface area contributed by atoms with E-state index >= 15 is 0 Å². The van der Waals surface area contributed by atoms with E-state index < -0.39 is 0 Å². The lowest BCUT2D eigenvalue weighted by atomic mass is 10.2. The highest BCUT2D eigenvalue weighted by Gasteiger charge is 2.13. The number of carbonyl (C=O) groups is 1. The maximum absolute atomic E-state index is 12.7. The van der Waals surface area contributed by atoms with E-state index in [0.29, 0.717) is 24.4 Å². The minimum atomic E-state index is -0.298. The first-order chi connectivity index (χ1) is 15.7. The zero-order valence-electron chi connectivity index (χ0n) is 17.3. The van der Waals surface area contributed by atoms with Gasteiger partial charge in [0.15, 0.2) is 5.76 Å². The summed E-state index contributed by atoms with van der Waals surface area (Å²) in [5.74, 6) is 0.676. The molecule has 0 spiro atoms. The molecule has 0 fully saturated rings. The Morgan fingerprint density at radius 2 is 1.78 bits per heavy atom. The first-order valence-electron chi connectivity index (χ1n) is 10.3. The molecule has 1 amide bonds. The molecular formula is C26H21N3O3. The highest BCUT2D eigenvalue weighted by atomic mass is 16.5. The number of aromatic nitrogens is 2. The number of nitrogens with one attached hydrogen (secondary N) is 1. The van der Waals surface area contributed by atoms with Crippen molar-refractivity contribution in [1.29, 1.82) is 0 Å². The van der Waals surface area contributed by atoms with Gasteiger partial charge in [-0.25, -0.2) is 0 Å². The standard InChI is InChI=1S/C26H21N3O3/c30-26(28-22-9-7-19(8-10-22)17-29-14-4-13-27-29)25-16-21-15-23(11-12-24(21)32-25)31-18-20-5-2-1-3-6-20/h1-16H,17-18H2,(H,28,30). The Hall–Kier alpha value is -4.32. The molecule has 0 aliphatic rings. The van der Waals surface area contributed by atoms with Gasteiger partial charge in [0.05, 0.1) is 6.54 Å². The molecule has 0 aliphatic carbocycles. The Bertz CT molecular complexity index is 1320. The maximum Gasteiger partial charge on any atom is 0.291 e. The van der Waals surface area contributed by atoms with Crippen LogP contribution in [0.25, 0.3) is 11.0 Å². The van der Waals surface area contributed by atoms with Crippen LogP contribution in [-0.2, 0) is 13.2 Å². The van der Waals surface area contributed by atoms with Crippen LogP contribution in [-0.4, -0.2) is 15.7 Å². The first kappa shape index (κ1) is 19.6. The SMILES string of the molecule is O=C(Nc1ccc(Cn2cccn2)cc1)c1cc2cc(OCc3ccccc3)ccc2o1. The molecule has 2 aromatic heterocycles. The van der Waals surface area contributed by atoms with Gasteiger partial charge < -0.3 is 14.5 Å². The molecule has 0 saturated heterocycles. The number of hydrogen-bond acceptors (Lipinski definition) is 4. The quantitative estimate of drug-likeness (QED) is 0.375. The largest absolute Gasteiger partial charge is 0.489 e. The molecule has 1 N–H and O–H groups in total. The smallest absolute Gasteiger partial charge is 0.291 e. The third kappa shape index (κ3) is 4.54. The number of carbonyl (C=O) groups excluding carboxylic acids is 1. The molecule has 6 heteroatoms. The van der Waals surface area contributed by atoms with Crippen molar-refractivity contribution in [3.63, 3.8) is 0 Å². The number of hydrogen-bond donors (Lipinski definition) is 1. The topological polar surface area (TPSA) is 69.3 Å². The van der Waals surface area contributed by atoms with Crippen molar-refractivity contribution in [2.24, 2.45) is 0 Å². The lowest BCUT2D eigenvalue weighted by Crippen LogP contribution is -2.10. The zero-order valence-corrected chi connectivity index (χ0v) is 17.3. The Kier molecular flexibility index (Phi) is 5.41. The van der Waals surface area contributed by atoms with E-state index in [1.54, 1.807) is 12.3 Å². The molecule has 0 aliphatic heterocycles. The van der Waals surface area contributed by atoms with E-state index in [1.165, 1.54) is 0 Å². The molecule has 3 aromatic carbocycles. The first-order valence-corrected chi connectivity index (χ1v) is 10.3. The van der Waals surface area contributed by atoms with Crippen molar-refractivity contribution >= 4 is 22.6 Å². The number of rotatable bonds is 7. The Morgan fingerprint density at radius 3 is 2.56 bits per heavy atom. The highest BCUT2D eigenvalue weighted by molar-refractivity contribution is 6.04. The van der Waals surface area contributed by atoms with Gasteiger partial charge >= 0.3 is 0 Å². The molecule has 5 rings (SSSR count). The summed E-state index contributed by atoms with van der Waals surface area (Å²) in [6.07, 6.45) is 3.66. The zero-order chi connectivity index (χ0) is 21.8. The van der Waals surface area contributed by atoms with Crippen molar-refractivity contribution in [2.75, 3.05) is 5.32 Å². The molecular weight excluding hydrogens is 402 g/mol. The Balaban J connectivity index is 1.24. The third-order valence-electron chi connectivity index (χ3n) is 5.08. The summed E-state index contributed by atoms with van der Waals surface area (Å²) in [5.41, 5.74) is 3.53. The lowest BCUT2D eigenvalue weighted by Gasteiger charge is -2.05. The number of nitrogens with zero attached hydrogens (tertiary/aromatic N) is 2. The average Bonchev–Trinajstić information content (AvgIpc) is 3.49. The second-order valence-corrected chi connectivity index (χ2v) is 7.44. The summed E-state index contributed by atoms with van der Waals surface area (Å²) in [7, 11) is 0. The number of anilines is 1. The Morgan fingerprint density at radius 1 is 0.938 bits per heavy atom. The van der Waals surface area contributed by atoms with Crippen LogP contribution in [0.4, 0.5) is 5.69 Å². The van der Waals surface area contributed by atoms with Gasteiger partial charge in [-0.05, 0) is 53.6 Å². The summed E-state index contributed by atoms with van der Waals surface area (Å²) in [6, 6.07) is 26.8. The van der Waals surface area contributed by atoms with Crippen LogP contribution in [0.1, 0.15) is 21.7 Å². The fourth-order valence-corrected chi connectivity index (χ4v) is 3.43. The van der Waals surface area contributed by atoms with Crippen molar-refractivity contribution in [3.05, 3.63) is 114 Å². The van der Waals surface area contributed by atoms with Gasteiger partial charge in [0.25, 0.3) is 5.91 Å². The Labute approximate surface area is 185 Å². The fourth-order valence-electron chi connectivity index (χ4n) is 3.43. The van der Waals surface area contributed by atoms with Gasteiger partial charge in [-0.1, -0.05) is 42.5 Å². The number of fused-ring (bicyclic) bond motifs is 1. The normalized spacial score (nSPS) is 10.9. The van der Waals surface area contributed by atoms with E-state index in [0.717, 1.165) is 22.3 Å². The average molecular weight is 423 g/mol. The second-order valence-electron chi connectivity index (χ2n) is 7.44. The predicted octanol–water partition coefficient (Wildman–Crippen LogP) is 5.51. The minimum Gasteiger partial charge on any atom is -0.489 e. The number of amides is 1. The van der Waals surface area contributed by atoms with Gasteiger partial charge in [0.1, 0.15) is 17.9 Å². The van der Waals surface area contributed by atoms with E-state index in [-0.39, 0.29) is 11.7 Å². The molecule has 32 heavy (non-hydrogen) atoms. The molecule has 2 heterocycles. The van der Waals surface area contributed by atoms with Crippen LogP contribution in [0.2, 0.25) is 0 Å². The number of benzene rings is 3. The lowest BCUT2D eigenvalue weighted by molar-refractivity contribution is 0.0998. The van der Waals surface area contributed by atoms with Gasteiger partial charge in [-0.3, -0.25) is 9.48 Å². The van der Waals surface area contributed by atoms with E-state index in [9.17, 15) is 4.79 Å². The summed E-state index contributed by atoms with van der Waals surface area (Å²) in [5, 5.41) is 7.90. The second kappa shape index (κ2) is 8.81. The summed E-state index contributed by atoms with van der Waals surface area (Å²) < 4.78 is 13.4. The summed E-state index contributed by atoms with van der Waals surface area (Å²) in [6.45, 7) is 1.16. The summed E-state index contributed by atoms with van der Waals surface area (Å²) >= 11 is 0. The molecule has 0 atom stereocenters. The van der Waals surface area contributed by atoms with E-state index in [2.05, 4.69) is 10.4 Å². The van der Waals surface area contributed by atoms with Crippen LogP contribution >= 0.6 is 0 Å². The van der Waals surface area contributed by atoms with Crippen molar-refractivity contribution in [2.45, 2.75) is 13.2 Å². The van der Waals surface area contributed by atoms with Crippen LogP contribution in [0.3, 0.4) is 0 Å². The molecule has 0 unspecified atom stereocenters. The van der Waals surface area contributed by atoms with Crippen molar-refractivity contribution < 1.29 is 13.9 Å². The molecule has 5 aromatic rings. The number of furan rings is 1. The maximum atomic E-state index is 12.7. The number of ether oxygens (including phenoxy) is 1. The third-order valence-corrected chi connectivity index (χ3v) is 5.08. The van der Waals surface area contributed by atoms with Crippen LogP contribution in [0.15, 0.2) is 102 Å². The monoisotopic (exact) mass is 423 g/mol.